The lowest BCUT2D eigenvalue weighted by molar-refractivity contribution is -0.118. The summed E-state index contributed by atoms with van der Waals surface area (Å²) in [6.07, 6.45) is -0.237. The van der Waals surface area contributed by atoms with Gasteiger partial charge in [0.1, 0.15) is 0 Å². The third kappa shape index (κ3) is 7.95. The van der Waals surface area contributed by atoms with Crippen LogP contribution in [-0.4, -0.2) is 24.4 Å². The molecule has 1 unspecified atom stereocenters. The fourth-order valence-corrected chi connectivity index (χ4v) is 5.88. The summed E-state index contributed by atoms with van der Waals surface area (Å²) in [7, 11) is 0. The zero-order chi connectivity index (χ0) is 14.2. The van der Waals surface area contributed by atoms with Crippen LogP contribution < -0.4 is 10.2 Å². The number of carbonyl (C=O) groups excluding carboxylic acids is 2. The fourth-order valence-electron chi connectivity index (χ4n) is 0.873. The first-order valence-electron chi connectivity index (χ1n) is 5.83. The van der Waals surface area contributed by atoms with Gasteiger partial charge < -0.3 is 9.82 Å². The lowest BCUT2D eigenvalue weighted by Crippen LogP contribution is -2.30. The third-order valence-corrected chi connectivity index (χ3v) is 7.48. The minimum Gasteiger partial charge on any atom is -0.450 e. The normalized spacial score (nSPS) is 13.8. The van der Waals surface area contributed by atoms with Crippen LogP contribution in [-0.2, 0) is 21.3 Å². The summed E-state index contributed by atoms with van der Waals surface area (Å²) < 4.78 is 4.81. The van der Waals surface area contributed by atoms with Crippen molar-refractivity contribution >= 4 is 40.7 Å². The SMILES string of the molecule is CCOC(=O)NP(=S)(NC(=O)CC)SCC(C)C. The van der Waals surface area contributed by atoms with Gasteiger partial charge in [0.25, 0.3) is 0 Å². The van der Waals surface area contributed by atoms with Crippen LogP contribution in [0.1, 0.15) is 34.1 Å². The second-order valence-corrected chi connectivity index (χ2v) is 10.9. The molecule has 0 rings (SSSR count). The number of ether oxygens (including phenoxy) is 1. The van der Waals surface area contributed by atoms with Gasteiger partial charge in [0.05, 0.1) is 6.61 Å². The van der Waals surface area contributed by atoms with Gasteiger partial charge in [-0.25, -0.2) is 4.79 Å². The van der Waals surface area contributed by atoms with Crippen LogP contribution in [0.4, 0.5) is 4.79 Å². The summed E-state index contributed by atoms with van der Waals surface area (Å²) in [5.41, 5.74) is -2.51. The highest BCUT2D eigenvalue weighted by Gasteiger charge is 2.23. The van der Waals surface area contributed by atoms with Gasteiger partial charge in [0, 0.05) is 12.2 Å². The Balaban J connectivity index is 4.63. The maximum Gasteiger partial charge on any atom is 0.412 e. The van der Waals surface area contributed by atoms with Gasteiger partial charge in [-0.05, 0) is 24.6 Å². The molecular formula is C10H21N2O3PS2. The molecule has 0 saturated heterocycles. The zero-order valence-electron chi connectivity index (χ0n) is 11.2. The minimum atomic E-state index is -2.51. The van der Waals surface area contributed by atoms with Crippen molar-refractivity contribution in [1.82, 2.24) is 10.2 Å². The Morgan fingerprint density at radius 1 is 1.33 bits per heavy atom. The van der Waals surface area contributed by atoms with Crippen molar-refractivity contribution in [2.75, 3.05) is 12.4 Å². The molecule has 0 radical (unpaired) electrons. The van der Waals surface area contributed by atoms with E-state index in [0.717, 1.165) is 5.75 Å². The number of rotatable bonds is 7. The molecule has 2 N–H and O–H groups in total. The van der Waals surface area contributed by atoms with Crippen LogP contribution in [0, 0.1) is 5.92 Å². The molecule has 0 bridgehead atoms. The molecular weight excluding hydrogens is 291 g/mol. The molecule has 18 heavy (non-hydrogen) atoms. The molecule has 0 heterocycles. The van der Waals surface area contributed by atoms with Crippen molar-refractivity contribution in [3.8, 4) is 0 Å². The Bertz CT molecular complexity index is 337. The van der Waals surface area contributed by atoms with Crippen molar-refractivity contribution in [2.24, 2.45) is 5.92 Å². The molecule has 0 fully saturated rings. The van der Waals surface area contributed by atoms with Crippen LogP contribution in [0.5, 0.6) is 0 Å². The summed E-state index contributed by atoms with van der Waals surface area (Å²) in [6, 6.07) is 0. The third-order valence-electron chi connectivity index (χ3n) is 1.70. The summed E-state index contributed by atoms with van der Waals surface area (Å²) in [5, 5.41) is 5.34. The number of carbonyl (C=O) groups is 2. The van der Waals surface area contributed by atoms with E-state index in [9.17, 15) is 9.59 Å². The number of hydrogen-bond acceptors (Lipinski definition) is 5. The Morgan fingerprint density at radius 3 is 2.39 bits per heavy atom. The lowest BCUT2D eigenvalue weighted by atomic mass is 10.3. The molecule has 0 aliphatic rings. The highest BCUT2D eigenvalue weighted by Crippen LogP contribution is 2.52. The standard InChI is InChI=1S/C10H21N2O3PS2/c1-5-9(13)11-16(17,18-7-8(3)4)12-10(14)15-6-2/h8H,5-7H2,1-4H3,(H2,11,12,13,14,17). The van der Waals surface area contributed by atoms with Gasteiger partial charge in [0.15, 0.2) is 5.54 Å². The highest BCUT2D eigenvalue weighted by atomic mass is 32.9. The zero-order valence-corrected chi connectivity index (χ0v) is 13.7. The molecule has 0 spiro atoms. The quantitative estimate of drug-likeness (QED) is 0.708. The van der Waals surface area contributed by atoms with Crippen LogP contribution in [0.2, 0.25) is 0 Å². The van der Waals surface area contributed by atoms with Crippen LogP contribution >= 0.6 is 16.9 Å². The molecule has 0 aromatic heterocycles. The largest absolute Gasteiger partial charge is 0.450 e. The first-order chi connectivity index (χ1) is 8.33. The molecule has 5 nitrogen and oxygen atoms in total. The van der Waals surface area contributed by atoms with Gasteiger partial charge in [-0.1, -0.05) is 32.2 Å². The molecule has 0 aliphatic carbocycles. The summed E-state index contributed by atoms with van der Waals surface area (Å²) in [6.45, 7) is 7.84. The van der Waals surface area contributed by atoms with E-state index in [0.29, 0.717) is 12.3 Å². The first-order valence-corrected chi connectivity index (χ1v) is 10.2. The van der Waals surface area contributed by atoms with Gasteiger partial charge in [0.2, 0.25) is 5.91 Å². The summed E-state index contributed by atoms with van der Waals surface area (Å²) >= 11 is 6.80. The second-order valence-electron chi connectivity index (χ2n) is 3.96. The lowest BCUT2D eigenvalue weighted by Gasteiger charge is -2.23. The maximum absolute atomic E-state index is 11.5. The van der Waals surface area contributed by atoms with E-state index in [-0.39, 0.29) is 12.5 Å². The monoisotopic (exact) mass is 312 g/mol. The summed E-state index contributed by atoms with van der Waals surface area (Å²) in [4.78, 5) is 22.9. The molecule has 0 aliphatic heterocycles. The molecule has 2 amide bonds. The van der Waals surface area contributed by atoms with Gasteiger partial charge >= 0.3 is 6.09 Å². The van der Waals surface area contributed by atoms with Crippen LogP contribution in [0.25, 0.3) is 0 Å². The number of nitrogens with one attached hydrogen (secondary N) is 2. The molecule has 0 aromatic carbocycles. The van der Waals surface area contributed by atoms with E-state index in [1.807, 2.05) is 0 Å². The van der Waals surface area contributed by atoms with Crippen molar-refractivity contribution in [3.63, 3.8) is 0 Å². The Kier molecular flexibility index (Phi) is 8.65. The smallest absolute Gasteiger partial charge is 0.412 e. The topological polar surface area (TPSA) is 67.4 Å². The minimum absolute atomic E-state index is 0.161. The maximum atomic E-state index is 11.5. The van der Waals surface area contributed by atoms with Crippen molar-refractivity contribution in [3.05, 3.63) is 0 Å². The first kappa shape index (κ1) is 17.7. The van der Waals surface area contributed by atoms with E-state index in [1.165, 1.54) is 11.4 Å². The highest BCUT2D eigenvalue weighted by molar-refractivity contribution is 8.69. The van der Waals surface area contributed by atoms with Crippen LogP contribution in [0.3, 0.4) is 0 Å². The average Bonchev–Trinajstić information content (AvgIpc) is 2.26. The van der Waals surface area contributed by atoms with Gasteiger partial charge in [-0.15, -0.1) is 0 Å². The van der Waals surface area contributed by atoms with Crippen molar-refractivity contribution in [2.45, 2.75) is 34.1 Å². The number of hydrogen-bond donors (Lipinski definition) is 2. The van der Waals surface area contributed by atoms with E-state index in [2.05, 4.69) is 24.0 Å². The average molecular weight is 312 g/mol. The van der Waals surface area contributed by atoms with E-state index in [1.54, 1.807) is 13.8 Å². The Morgan fingerprint density at radius 2 is 1.94 bits per heavy atom. The van der Waals surface area contributed by atoms with E-state index in [4.69, 9.17) is 16.5 Å². The second kappa shape index (κ2) is 8.77. The van der Waals surface area contributed by atoms with E-state index < -0.39 is 11.6 Å². The molecule has 8 heteroatoms. The molecule has 0 aromatic rings. The Hall–Kier alpha value is -0.260. The molecule has 106 valence electrons. The van der Waals surface area contributed by atoms with E-state index >= 15 is 0 Å². The van der Waals surface area contributed by atoms with Crippen LogP contribution in [0.15, 0.2) is 0 Å². The predicted molar refractivity (Wildman–Crippen MR) is 80.2 cm³/mol. The van der Waals surface area contributed by atoms with Gasteiger partial charge in [-0.2, -0.15) is 0 Å². The fraction of sp³-hybridized carbons (Fsp3) is 0.800. The molecule has 0 saturated carbocycles. The summed E-state index contributed by atoms with van der Waals surface area (Å²) in [5.74, 6) is 1.04. The van der Waals surface area contributed by atoms with Crippen molar-refractivity contribution < 1.29 is 14.3 Å². The van der Waals surface area contributed by atoms with Gasteiger partial charge in [-0.3, -0.25) is 9.88 Å². The number of amides is 2. The Labute approximate surface area is 118 Å². The van der Waals surface area contributed by atoms with Crippen molar-refractivity contribution in [1.29, 1.82) is 0 Å². The molecule has 1 atom stereocenters. The predicted octanol–water partition coefficient (Wildman–Crippen LogP) is 2.87.